The Balaban J connectivity index is 0.00000149. The quantitative estimate of drug-likeness (QED) is 0.530. The van der Waals surface area contributed by atoms with E-state index in [1.165, 1.54) is 23.0 Å². The van der Waals surface area contributed by atoms with E-state index in [2.05, 4.69) is 31.4 Å². The number of fused-ring (bicyclic) bond motifs is 5. The number of ether oxygens (including phenoxy) is 1. The molecule has 1 aliphatic heterocycles. The summed E-state index contributed by atoms with van der Waals surface area (Å²) < 4.78 is 21.4. The summed E-state index contributed by atoms with van der Waals surface area (Å²) in [4.78, 5) is 15.0. The number of hydrogen-bond acceptors (Lipinski definition) is 9. The van der Waals surface area contributed by atoms with Crippen molar-refractivity contribution in [2.24, 2.45) is 12.0 Å². The van der Waals surface area contributed by atoms with Crippen molar-refractivity contribution >= 4 is 23.3 Å². The Kier molecular flexibility index (Phi) is 6.77. The molecule has 0 fully saturated rings. The third-order valence-electron chi connectivity index (χ3n) is 4.78. The van der Waals surface area contributed by atoms with Gasteiger partial charge in [0.15, 0.2) is 11.6 Å². The van der Waals surface area contributed by atoms with Crippen molar-refractivity contribution in [3.05, 3.63) is 41.5 Å². The molecule has 2 bridgehead atoms. The number of guanidine groups is 1. The molecule has 1 aliphatic rings. The fraction of sp³-hybridized carbons (Fsp3) is 0.318. The third-order valence-corrected chi connectivity index (χ3v) is 4.78. The summed E-state index contributed by atoms with van der Waals surface area (Å²) in [5, 5.41) is 17.3. The monoisotopic (exact) mass is 451 g/mol. The zero-order valence-corrected chi connectivity index (χ0v) is 19.4. The Labute approximate surface area is 191 Å². The minimum absolute atomic E-state index is 0.0660. The molecule has 0 saturated carbocycles. The molecular formula is C22H26FN9O. The molecule has 4 rings (SSSR count). The van der Waals surface area contributed by atoms with Gasteiger partial charge in [-0.1, -0.05) is 13.8 Å². The Morgan fingerprint density at radius 2 is 2.03 bits per heavy atom. The lowest BCUT2D eigenvalue weighted by molar-refractivity contribution is 0.218. The van der Waals surface area contributed by atoms with Crippen LogP contribution in [0.25, 0.3) is 11.3 Å². The second-order valence-electron chi connectivity index (χ2n) is 7.17. The van der Waals surface area contributed by atoms with Crippen molar-refractivity contribution in [1.29, 1.82) is 5.26 Å². The van der Waals surface area contributed by atoms with Crippen molar-refractivity contribution in [3.8, 4) is 23.2 Å². The number of anilines is 2. The van der Waals surface area contributed by atoms with Crippen LogP contribution < -0.4 is 15.8 Å². The highest BCUT2D eigenvalue weighted by molar-refractivity contribution is 5.97. The highest BCUT2D eigenvalue weighted by Gasteiger charge is 2.24. The van der Waals surface area contributed by atoms with E-state index < -0.39 is 11.9 Å². The van der Waals surface area contributed by atoms with E-state index in [1.54, 1.807) is 39.0 Å². The number of benzene rings is 1. The Morgan fingerprint density at radius 3 is 2.70 bits per heavy atom. The molecule has 11 heteroatoms. The molecule has 1 unspecified atom stereocenters. The number of nitrogens with zero attached hydrogens (tertiary/aromatic N) is 7. The lowest BCUT2D eigenvalue weighted by Gasteiger charge is -2.23. The third kappa shape index (κ3) is 4.55. The predicted octanol–water partition coefficient (Wildman–Crippen LogP) is 3.61. The van der Waals surface area contributed by atoms with Crippen molar-refractivity contribution in [3.63, 3.8) is 0 Å². The Bertz CT molecular complexity index is 1240. The molecule has 33 heavy (non-hydrogen) atoms. The van der Waals surface area contributed by atoms with E-state index in [0.717, 1.165) is 0 Å². The van der Waals surface area contributed by atoms with Gasteiger partial charge in [-0.2, -0.15) is 15.4 Å². The van der Waals surface area contributed by atoms with Gasteiger partial charge in [-0.15, -0.1) is 0 Å². The number of nitrogen functional groups attached to an aromatic ring is 1. The second kappa shape index (κ2) is 9.52. The van der Waals surface area contributed by atoms with Crippen LogP contribution in [0.1, 0.15) is 38.1 Å². The number of aliphatic imine (C=N–C) groups is 1. The van der Waals surface area contributed by atoms with E-state index in [0.29, 0.717) is 28.5 Å². The molecule has 0 radical (unpaired) electrons. The van der Waals surface area contributed by atoms with Crippen LogP contribution in [0.4, 0.5) is 21.7 Å². The minimum atomic E-state index is -0.614. The van der Waals surface area contributed by atoms with Crippen LogP contribution in [0, 0.1) is 17.1 Å². The van der Waals surface area contributed by atoms with Gasteiger partial charge < -0.3 is 20.7 Å². The number of nitrogens with two attached hydrogens (primary N) is 1. The number of hydrogen-bond donors (Lipinski definition) is 2. The van der Waals surface area contributed by atoms with Gasteiger partial charge in [-0.25, -0.2) is 14.4 Å². The van der Waals surface area contributed by atoms with Crippen LogP contribution in [-0.2, 0) is 7.05 Å². The Hall–Kier alpha value is -4.20. The highest BCUT2D eigenvalue weighted by Crippen LogP contribution is 2.36. The number of rotatable bonds is 0. The van der Waals surface area contributed by atoms with Gasteiger partial charge in [-0.05, 0) is 25.1 Å². The van der Waals surface area contributed by atoms with Gasteiger partial charge in [-0.3, -0.25) is 4.68 Å². The maximum absolute atomic E-state index is 14.0. The van der Waals surface area contributed by atoms with E-state index in [-0.39, 0.29) is 23.2 Å². The molecule has 172 valence electrons. The molecule has 3 heterocycles. The molecule has 0 saturated heterocycles. The van der Waals surface area contributed by atoms with Crippen molar-refractivity contribution < 1.29 is 9.13 Å². The lowest BCUT2D eigenvalue weighted by Crippen LogP contribution is -2.30. The first-order valence-corrected chi connectivity index (χ1v) is 10.4. The summed E-state index contributed by atoms with van der Waals surface area (Å²) in [7, 11) is 5.25. The number of halogens is 1. The highest BCUT2D eigenvalue weighted by atomic mass is 19.1. The summed E-state index contributed by atoms with van der Waals surface area (Å²) in [6.45, 7) is 5.75. The van der Waals surface area contributed by atoms with Gasteiger partial charge in [0.2, 0.25) is 5.96 Å². The zero-order chi connectivity index (χ0) is 24.3. The van der Waals surface area contributed by atoms with Gasteiger partial charge in [0.05, 0.1) is 17.5 Å². The minimum Gasteiger partial charge on any atom is -0.467 e. The van der Waals surface area contributed by atoms with Crippen LogP contribution in [0.2, 0.25) is 0 Å². The van der Waals surface area contributed by atoms with Crippen LogP contribution >= 0.6 is 0 Å². The van der Waals surface area contributed by atoms with Crippen molar-refractivity contribution in [2.75, 3.05) is 25.1 Å². The summed E-state index contributed by atoms with van der Waals surface area (Å²) in [6.07, 6.45) is 0.822. The van der Waals surface area contributed by atoms with E-state index in [4.69, 9.17) is 10.5 Å². The first-order valence-electron chi connectivity index (χ1n) is 10.4. The van der Waals surface area contributed by atoms with Gasteiger partial charge in [0.1, 0.15) is 23.7 Å². The topological polar surface area (TPSA) is 130 Å². The van der Waals surface area contributed by atoms with Crippen LogP contribution in [0.15, 0.2) is 29.4 Å². The van der Waals surface area contributed by atoms with Gasteiger partial charge >= 0.3 is 0 Å². The average Bonchev–Trinajstić information content (AvgIpc) is 3.11. The smallest absolute Gasteiger partial charge is 0.258 e. The first kappa shape index (κ1) is 23.5. The largest absolute Gasteiger partial charge is 0.467 e. The SMILES string of the molecule is CC.CC1Oc2nc(cnc2N)-c2c(nn(C)c2C#N)N=C(N(C)C)Nc2ccc(F)cc21. The normalized spacial score (nSPS) is 14.4. The number of nitrogens with one attached hydrogen (secondary N) is 1. The predicted molar refractivity (Wildman–Crippen MR) is 125 cm³/mol. The average molecular weight is 452 g/mol. The molecule has 1 aromatic carbocycles. The summed E-state index contributed by atoms with van der Waals surface area (Å²) in [5.74, 6) is 0.409. The summed E-state index contributed by atoms with van der Waals surface area (Å²) in [5.41, 5.74) is 8.09. The van der Waals surface area contributed by atoms with E-state index >= 15 is 0 Å². The molecule has 2 aromatic heterocycles. The maximum Gasteiger partial charge on any atom is 0.258 e. The number of aromatic nitrogens is 4. The van der Waals surface area contributed by atoms with Gasteiger partial charge in [0.25, 0.3) is 5.88 Å². The zero-order valence-electron chi connectivity index (χ0n) is 19.4. The van der Waals surface area contributed by atoms with Crippen molar-refractivity contribution in [2.45, 2.75) is 26.9 Å². The van der Waals surface area contributed by atoms with Crippen molar-refractivity contribution in [1.82, 2.24) is 24.6 Å². The molecule has 0 spiro atoms. The molecule has 3 N–H and O–H groups in total. The second-order valence-corrected chi connectivity index (χ2v) is 7.17. The van der Waals surface area contributed by atoms with E-state index in [9.17, 15) is 9.65 Å². The van der Waals surface area contributed by atoms with Crippen LogP contribution in [0.5, 0.6) is 5.88 Å². The molecule has 3 aromatic rings. The van der Waals surface area contributed by atoms with Gasteiger partial charge in [0, 0.05) is 32.4 Å². The molecule has 1 atom stereocenters. The fourth-order valence-electron chi connectivity index (χ4n) is 3.22. The van der Waals surface area contributed by atoms with Crippen LogP contribution in [0.3, 0.4) is 0 Å². The Morgan fingerprint density at radius 1 is 1.30 bits per heavy atom. The molecule has 0 aliphatic carbocycles. The van der Waals surface area contributed by atoms with E-state index in [1.807, 2.05) is 13.8 Å². The number of nitriles is 1. The maximum atomic E-state index is 14.0. The molecular weight excluding hydrogens is 425 g/mol. The standard InChI is InChI=1S/C20H20FN9O.C2H6/c1-10-12-7-11(21)5-6-13(12)26-20(29(2)3)27-18-16(15(8-22)30(4)28-18)14-9-24-17(23)19(25-14)31-10;1-2/h5-7,9-10H,1-4H3,(H2,23,24)(H,26,27,28);1-2H3. The fourth-order valence-corrected chi connectivity index (χ4v) is 3.22. The summed E-state index contributed by atoms with van der Waals surface area (Å²) >= 11 is 0. The number of aryl methyl sites for hydroxylation is 1. The van der Waals surface area contributed by atoms with Crippen LogP contribution in [-0.4, -0.2) is 44.7 Å². The summed E-state index contributed by atoms with van der Waals surface area (Å²) in [6, 6.07) is 6.44. The lowest BCUT2D eigenvalue weighted by atomic mass is 10.1. The molecule has 0 amide bonds. The first-order chi connectivity index (χ1) is 15.8. The molecule has 10 nitrogen and oxygen atoms in total.